The topological polar surface area (TPSA) is 132 Å². The highest BCUT2D eigenvalue weighted by molar-refractivity contribution is 6.05. The van der Waals surface area contributed by atoms with Crippen molar-refractivity contribution in [1.29, 1.82) is 5.41 Å². The van der Waals surface area contributed by atoms with Crippen molar-refractivity contribution in [3.63, 3.8) is 0 Å². The third-order valence-electron chi connectivity index (χ3n) is 6.95. The second-order valence-electron chi connectivity index (χ2n) is 9.67. The second-order valence-corrected chi connectivity index (χ2v) is 9.67. The van der Waals surface area contributed by atoms with Gasteiger partial charge in [-0.1, -0.05) is 60.7 Å². The van der Waals surface area contributed by atoms with Gasteiger partial charge in [-0.25, -0.2) is 4.79 Å². The second kappa shape index (κ2) is 13.7. The first-order chi connectivity index (χ1) is 18.9. The first kappa shape index (κ1) is 28.1. The fourth-order valence-corrected chi connectivity index (χ4v) is 4.72. The lowest BCUT2D eigenvalue weighted by atomic mass is 10.1. The van der Waals surface area contributed by atoms with E-state index in [0.29, 0.717) is 52.4 Å². The fourth-order valence-electron chi connectivity index (χ4n) is 4.72. The molecule has 2 aliphatic rings. The average molecular weight is 537 g/mol. The van der Waals surface area contributed by atoms with Gasteiger partial charge in [-0.05, 0) is 11.1 Å². The molecular weight excluding hydrogens is 500 g/mol. The van der Waals surface area contributed by atoms with E-state index in [9.17, 15) is 14.4 Å². The molecule has 0 radical (unpaired) electrons. The van der Waals surface area contributed by atoms with E-state index in [2.05, 4.69) is 0 Å². The number of nitrogens with zero attached hydrogens (tertiary/aromatic N) is 4. The van der Waals surface area contributed by atoms with E-state index in [1.54, 1.807) is 9.80 Å². The van der Waals surface area contributed by atoms with Crippen molar-refractivity contribution in [1.82, 2.24) is 19.6 Å². The zero-order chi connectivity index (χ0) is 27.6. The number of esters is 1. The number of piperazine rings is 2. The molecule has 2 amide bonds. The van der Waals surface area contributed by atoms with Gasteiger partial charge in [0.25, 0.3) is 0 Å². The number of amides is 2. The minimum Gasteiger partial charge on any atom is -0.460 e. The lowest BCUT2D eigenvalue weighted by Crippen LogP contribution is -2.62. The molecule has 2 fully saturated rings. The molecular formula is C28H36N6O5. The highest BCUT2D eigenvalue weighted by Crippen LogP contribution is 2.14. The van der Waals surface area contributed by atoms with Gasteiger partial charge >= 0.3 is 12.1 Å². The van der Waals surface area contributed by atoms with E-state index in [-0.39, 0.29) is 37.5 Å². The molecule has 11 nitrogen and oxygen atoms in total. The monoisotopic (exact) mass is 536 g/mol. The Morgan fingerprint density at radius 2 is 1.26 bits per heavy atom. The molecule has 0 bridgehead atoms. The summed E-state index contributed by atoms with van der Waals surface area (Å²) in [4.78, 5) is 45.2. The number of rotatable bonds is 9. The summed E-state index contributed by atoms with van der Waals surface area (Å²) >= 11 is 0. The highest BCUT2D eigenvalue weighted by Gasteiger charge is 2.36. The Bertz CT molecular complexity index is 1120. The Balaban J connectivity index is 1.20. The van der Waals surface area contributed by atoms with Crippen molar-refractivity contribution in [2.24, 2.45) is 5.73 Å². The zero-order valence-corrected chi connectivity index (χ0v) is 22.0. The van der Waals surface area contributed by atoms with Crippen LogP contribution in [-0.4, -0.2) is 108 Å². The number of nitrogens with two attached hydrogens (primary N) is 1. The molecule has 208 valence electrons. The summed E-state index contributed by atoms with van der Waals surface area (Å²) in [5.41, 5.74) is 7.72. The summed E-state index contributed by atoms with van der Waals surface area (Å²) < 4.78 is 10.8. The Kier molecular flexibility index (Phi) is 9.87. The SMILES string of the molecule is N=C(N)C(C(=O)N1CCN(CC(=O)OCc2ccccc2)CC1)N1CCN(C(=O)OCc2ccccc2)CC1. The van der Waals surface area contributed by atoms with Crippen LogP contribution in [0.5, 0.6) is 0 Å². The molecule has 2 saturated heterocycles. The van der Waals surface area contributed by atoms with Gasteiger partial charge in [0.05, 0.1) is 6.54 Å². The van der Waals surface area contributed by atoms with Crippen molar-refractivity contribution in [3.05, 3.63) is 71.8 Å². The average Bonchev–Trinajstić information content (AvgIpc) is 2.96. The largest absolute Gasteiger partial charge is 0.460 e. The summed E-state index contributed by atoms with van der Waals surface area (Å²) in [6.45, 7) is 4.08. The van der Waals surface area contributed by atoms with Crippen LogP contribution < -0.4 is 5.73 Å². The van der Waals surface area contributed by atoms with E-state index in [0.717, 1.165) is 11.1 Å². The fraction of sp³-hybridized carbons (Fsp3) is 0.429. The summed E-state index contributed by atoms with van der Waals surface area (Å²) in [5.74, 6) is -0.749. The van der Waals surface area contributed by atoms with Gasteiger partial charge in [0, 0.05) is 52.4 Å². The Hall–Kier alpha value is -3.96. The molecule has 2 aliphatic heterocycles. The maximum atomic E-state index is 13.4. The molecule has 1 unspecified atom stereocenters. The number of benzene rings is 2. The Morgan fingerprint density at radius 3 is 1.79 bits per heavy atom. The first-order valence-electron chi connectivity index (χ1n) is 13.1. The number of ether oxygens (including phenoxy) is 2. The third kappa shape index (κ3) is 8.01. The molecule has 2 heterocycles. The molecule has 1 atom stereocenters. The summed E-state index contributed by atoms with van der Waals surface area (Å²) in [6, 6.07) is 18.1. The number of hydrogen-bond donors (Lipinski definition) is 2. The van der Waals surface area contributed by atoms with Gasteiger partial charge in [0.15, 0.2) is 0 Å². The summed E-state index contributed by atoms with van der Waals surface area (Å²) in [7, 11) is 0. The third-order valence-corrected chi connectivity index (χ3v) is 6.95. The molecule has 0 aliphatic carbocycles. The molecule has 0 aromatic heterocycles. The minimum absolute atomic E-state index is 0.160. The lowest BCUT2D eigenvalue weighted by molar-refractivity contribution is -0.147. The zero-order valence-electron chi connectivity index (χ0n) is 22.0. The standard InChI is InChI=1S/C28H36N6O5/c29-26(30)25(32-15-17-34(18-16-32)28(37)39-21-23-9-5-2-6-10-23)27(36)33-13-11-31(12-14-33)19-24(35)38-20-22-7-3-1-4-8-22/h1-10,25H,11-21H2,(H3,29,30). The first-order valence-corrected chi connectivity index (χ1v) is 13.1. The molecule has 2 aromatic carbocycles. The van der Waals surface area contributed by atoms with Crippen molar-refractivity contribution in [3.8, 4) is 0 Å². The Labute approximate surface area is 228 Å². The summed E-state index contributed by atoms with van der Waals surface area (Å²) in [5, 5.41) is 8.09. The number of carbonyl (C=O) groups is 3. The van der Waals surface area contributed by atoms with Crippen LogP contribution in [0.25, 0.3) is 0 Å². The normalized spacial score (nSPS) is 17.3. The number of amidine groups is 1. The van der Waals surface area contributed by atoms with Crippen molar-refractivity contribution in [2.75, 3.05) is 58.9 Å². The molecule has 0 spiro atoms. The Morgan fingerprint density at radius 1 is 0.744 bits per heavy atom. The highest BCUT2D eigenvalue weighted by atomic mass is 16.6. The van der Waals surface area contributed by atoms with Gasteiger partial charge in [0.2, 0.25) is 5.91 Å². The van der Waals surface area contributed by atoms with Gasteiger partial charge in [-0.15, -0.1) is 0 Å². The maximum Gasteiger partial charge on any atom is 0.410 e. The molecule has 4 rings (SSSR count). The van der Waals surface area contributed by atoms with E-state index in [1.165, 1.54) is 0 Å². The predicted molar refractivity (Wildman–Crippen MR) is 145 cm³/mol. The quantitative estimate of drug-likeness (QED) is 0.277. The maximum absolute atomic E-state index is 13.4. The molecule has 2 aromatic rings. The predicted octanol–water partition coefficient (Wildman–Crippen LogP) is 1.13. The van der Waals surface area contributed by atoms with Gasteiger partial charge < -0.3 is 25.0 Å². The van der Waals surface area contributed by atoms with Gasteiger partial charge in [0.1, 0.15) is 25.1 Å². The van der Waals surface area contributed by atoms with Crippen LogP contribution in [0.2, 0.25) is 0 Å². The van der Waals surface area contributed by atoms with Crippen LogP contribution in [0.1, 0.15) is 11.1 Å². The molecule has 3 N–H and O–H groups in total. The van der Waals surface area contributed by atoms with Crippen LogP contribution in [-0.2, 0) is 32.3 Å². The van der Waals surface area contributed by atoms with E-state index < -0.39 is 12.1 Å². The van der Waals surface area contributed by atoms with E-state index in [1.807, 2.05) is 70.5 Å². The van der Waals surface area contributed by atoms with Gasteiger partial charge in [-0.2, -0.15) is 0 Å². The van der Waals surface area contributed by atoms with Crippen LogP contribution in [0.15, 0.2) is 60.7 Å². The lowest BCUT2D eigenvalue weighted by Gasteiger charge is -2.41. The number of nitrogens with one attached hydrogen (secondary N) is 1. The number of hydrogen-bond acceptors (Lipinski definition) is 8. The molecule has 0 saturated carbocycles. The minimum atomic E-state index is -0.880. The van der Waals surface area contributed by atoms with Crippen LogP contribution >= 0.6 is 0 Å². The van der Waals surface area contributed by atoms with Crippen molar-refractivity contribution >= 4 is 23.8 Å². The van der Waals surface area contributed by atoms with Crippen LogP contribution in [0.3, 0.4) is 0 Å². The van der Waals surface area contributed by atoms with Crippen molar-refractivity contribution in [2.45, 2.75) is 19.3 Å². The summed E-state index contributed by atoms with van der Waals surface area (Å²) in [6.07, 6.45) is -0.400. The number of carbonyl (C=O) groups excluding carboxylic acids is 3. The van der Waals surface area contributed by atoms with Crippen LogP contribution in [0.4, 0.5) is 4.79 Å². The van der Waals surface area contributed by atoms with E-state index >= 15 is 0 Å². The molecule has 39 heavy (non-hydrogen) atoms. The van der Waals surface area contributed by atoms with Gasteiger partial charge in [-0.3, -0.25) is 24.8 Å². The van der Waals surface area contributed by atoms with Crippen LogP contribution in [0, 0.1) is 5.41 Å². The molecule has 11 heteroatoms. The van der Waals surface area contributed by atoms with E-state index in [4.69, 9.17) is 20.6 Å². The van der Waals surface area contributed by atoms with Crippen molar-refractivity contribution < 1.29 is 23.9 Å². The smallest absolute Gasteiger partial charge is 0.410 e.